The highest BCUT2D eigenvalue weighted by Gasteiger charge is 2.22. The molecular weight excluding hydrogens is 276 g/mol. The third-order valence-corrected chi connectivity index (χ3v) is 3.08. The summed E-state index contributed by atoms with van der Waals surface area (Å²) >= 11 is 5.80. The molecular formula is C16H11ClO3. The Kier molecular flexibility index (Phi) is 4.11. The van der Waals surface area contributed by atoms with E-state index in [9.17, 15) is 14.4 Å². The molecule has 0 spiro atoms. The van der Waals surface area contributed by atoms with E-state index in [1.807, 2.05) is 0 Å². The smallest absolute Gasteiger partial charge is 0.234 e. The van der Waals surface area contributed by atoms with Crippen LogP contribution in [0.3, 0.4) is 0 Å². The van der Waals surface area contributed by atoms with Gasteiger partial charge in [0.05, 0.1) is 0 Å². The van der Waals surface area contributed by atoms with Gasteiger partial charge >= 0.3 is 0 Å². The molecule has 2 aromatic rings. The molecule has 0 saturated carbocycles. The van der Waals surface area contributed by atoms with E-state index in [0.29, 0.717) is 5.02 Å². The monoisotopic (exact) mass is 286 g/mol. The maximum absolute atomic E-state index is 12.2. The first-order valence-corrected chi connectivity index (χ1v) is 6.33. The van der Waals surface area contributed by atoms with Gasteiger partial charge in [-0.2, -0.15) is 0 Å². The fourth-order valence-corrected chi connectivity index (χ4v) is 2.06. The van der Waals surface area contributed by atoms with E-state index in [0.717, 1.165) is 0 Å². The van der Waals surface area contributed by atoms with Gasteiger partial charge in [-0.15, -0.1) is 0 Å². The number of carbonyl (C=O) groups is 3. The molecule has 0 atom stereocenters. The maximum atomic E-state index is 12.2. The normalized spacial score (nSPS) is 10.1. The Morgan fingerprint density at radius 3 is 2.10 bits per heavy atom. The summed E-state index contributed by atoms with van der Waals surface area (Å²) in [5.74, 6) is -1.65. The van der Waals surface area contributed by atoms with Crippen molar-refractivity contribution in [3.63, 3.8) is 0 Å². The van der Waals surface area contributed by atoms with Crippen molar-refractivity contribution in [2.75, 3.05) is 0 Å². The van der Waals surface area contributed by atoms with E-state index in [4.69, 9.17) is 11.6 Å². The Morgan fingerprint density at radius 1 is 0.850 bits per heavy atom. The van der Waals surface area contributed by atoms with E-state index in [1.54, 1.807) is 24.3 Å². The number of halogens is 1. The fraction of sp³-hybridized carbons (Fsp3) is 0.0625. The van der Waals surface area contributed by atoms with Crippen molar-refractivity contribution in [3.8, 4) is 0 Å². The van der Waals surface area contributed by atoms with Gasteiger partial charge in [0.25, 0.3) is 0 Å². The van der Waals surface area contributed by atoms with Gasteiger partial charge < -0.3 is 0 Å². The third-order valence-electron chi connectivity index (χ3n) is 2.84. The number of Topliss-reactive ketones (excluding diaryl/α,β-unsaturated/α-hetero) is 3. The molecule has 0 saturated heterocycles. The standard InChI is InChI=1S/C16H11ClO3/c1-10(18)13-7-2-3-8-14(13)16(20)15(19)11-5-4-6-12(17)9-11/h2-9H,1H3. The predicted molar refractivity (Wildman–Crippen MR) is 76.6 cm³/mol. The lowest BCUT2D eigenvalue weighted by atomic mass is 9.96. The fourth-order valence-electron chi connectivity index (χ4n) is 1.87. The van der Waals surface area contributed by atoms with Crippen LogP contribution in [0.5, 0.6) is 0 Å². The Hall–Kier alpha value is -2.26. The minimum atomic E-state index is -0.710. The molecule has 0 fully saturated rings. The van der Waals surface area contributed by atoms with Crippen molar-refractivity contribution in [1.82, 2.24) is 0 Å². The number of ketones is 3. The molecule has 0 aromatic heterocycles. The number of hydrogen-bond donors (Lipinski definition) is 0. The lowest BCUT2D eigenvalue weighted by molar-refractivity contribution is 0.0815. The summed E-state index contributed by atoms with van der Waals surface area (Å²) < 4.78 is 0. The van der Waals surface area contributed by atoms with Gasteiger partial charge in [-0.3, -0.25) is 14.4 Å². The Balaban J connectivity index is 2.42. The second-order valence-corrected chi connectivity index (χ2v) is 4.71. The maximum Gasteiger partial charge on any atom is 0.234 e. The SMILES string of the molecule is CC(=O)c1ccccc1C(=O)C(=O)c1cccc(Cl)c1. The average molecular weight is 287 g/mol. The molecule has 0 unspecified atom stereocenters. The summed E-state index contributed by atoms with van der Waals surface area (Å²) in [5, 5.41) is 0.378. The molecule has 2 aromatic carbocycles. The van der Waals surface area contributed by atoms with Crippen molar-refractivity contribution < 1.29 is 14.4 Å². The number of benzene rings is 2. The first-order chi connectivity index (χ1) is 9.50. The van der Waals surface area contributed by atoms with E-state index < -0.39 is 11.6 Å². The van der Waals surface area contributed by atoms with Gasteiger partial charge in [0.1, 0.15) is 0 Å². The molecule has 0 aliphatic heterocycles. The van der Waals surface area contributed by atoms with Crippen molar-refractivity contribution in [2.45, 2.75) is 6.92 Å². The van der Waals surface area contributed by atoms with Crippen LogP contribution in [0.4, 0.5) is 0 Å². The van der Waals surface area contributed by atoms with Crippen LogP contribution in [0.1, 0.15) is 38.0 Å². The molecule has 4 heteroatoms. The van der Waals surface area contributed by atoms with Gasteiger partial charge in [0.15, 0.2) is 5.78 Å². The summed E-state index contributed by atoms with van der Waals surface area (Å²) in [4.78, 5) is 35.9. The minimum Gasteiger partial charge on any atom is -0.294 e. The highest BCUT2D eigenvalue weighted by molar-refractivity contribution is 6.50. The molecule has 0 aliphatic carbocycles. The van der Waals surface area contributed by atoms with Crippen molar-refractivity contribution in [3.05, 3.63) is 70.2 Å². The Bertz CT molecular complexity index is 704. The molecule has 0 aliphatic rings. The van der Waals surface area contributed by atoms with E-state index in [2.05, 4.69) is 0 Å². The lowest BCUT2D eigenvalue weighted by Crippen LogP contribution is -2.17. The lowest BCUT2D eigenvalue weighted by Gasteiger charge is -2.05. The number of carbonyl (C=O) groups excluding carboxylic acids is 3. The number of rotatable bonds is 4. The number of hydrogen-bond acceptors (Lipinski definition) is 3. The molecule has 20 heavy (non-hydrogen) atoms. The van der Waals surface area contributed by atoms with Gasteiger partial charge in [0.2, 0.25) is 11.6 Å². The van der Waals surface area contributed by atoms with E-state index in [1.165, 1.54) is 31.2 Å². The first kappa shape index (κ1) is 14.2. The summed E-state index contributed by atoms with van der Waals surface area (Å²) in [5.41, 5.74) is 0.568. The second kappa shape index (κ2) is 5.80. The van der Waals surface area contributed by atoms with Crippen LogP contribution >= 0.6 is 11.6 Å². The van der Waals surface area contributed by atoms with Crippen LogP contribution in [0.2, 0.25) is 5.02 Å². The Morgan fingerprint density at radius 2 is 1.50 bits per heavy atom. The molecule has 0 radical (unpaired) electrons. The molecule has 0 amide bonds. The van der Waals surface area contributed by atoms with Gasteiger partial charge in [-0.1, -0.05) is 48.0 Å². The van der Waals surface area contributed by atoms with Crippen LogP contribution in [0, 0.1) is 0 Å². The van der Waals surface area contributed by atoms with Crippen LogP contribution in [-0.4, -0.2) is 17.3 Å². The van der Waals surface area contributed by atoms with Crippen molar-refractivity contribution in [2.24, 2.45) is 0 Å². The first-order valence-electron chi connectivity index (χ1n) is 5.95. The largest absolute Gasteiger partial charge is 0.294 e. The van der Waals surface area contributed by atoms with Gasteiger partial charge in [-0.25, -0.2) is 0 Å². The summed E-state index contributed by atoms with van der Waals surface area (Å²) in [7, 11) is 0. The predicted octanol–water partition coefficient (Wildman–Crippen LogP) is 3.61. The molecule has 100 valence electrons. The Labute approximate surface area is 121 Å². The zero-order valence-corrected chi connectivity index (χ0v) is 11.5. The second-order valence-electron chi connectivity index (χ2n) is 4.27. The molecule has 0 bridgehead atoms. The quantitative estimate of drug-likeness (QED) is 0.637. The topological polar surface area (TPSA) is 51.2 Å². The van der Waals surface area contributed by atoms with Crippen LogP contribution in [0.25, 0.3) is 0 Å². The third kappa shape index (κ3) is 2.83. The molecule has 2 rings (SSSR count). The average Bonchev–Trinajstić information content (AvgIpc) is 2.45. The van der Waals surface area contributed by atoms with Crippen molar-refractivity contribution in [1.29, 1.82) is 0 Å². The molecule has 3 nitrogen and oxygen atoms in total. The highest BCUT2D eigenvalue weighted by Crippen LogP contribution is 2.16. The highest BCUT2D eigenvalue weighted by atomic mass is 35.5. The van der Waals surface area contributed by atoms with Crippen LogP contribution in [0.15, 0.2) is 48.5 Å². The van der Waals surface area contributed by atoms with Crippen molar-refractivity contribution >= 4 is 29.0 Å². The summed E-state index contributed by atoms with van der Waals surface area (Å²) in [6.45, 7) is 1.36. The van der Waals surface area contributed by atoms with Gasteiger partial charge in [0, 0.05) is 21.7 Å². The zero-order chi connectivity index (χ0) is 14.7. The van der Waals surface area contributed by atoms with E-state index >= 15 is 0 Å². The van der Waals surface area contributed by atoms with Gasteiger partial charge in [-0.05, 0) is 19.1 Å². The molecule has 0 N–H and O–H groups in total. The summed E-state index contributed by atoms with van der Waals surface area (Å²) in [6, 6.07) is 12.4. The van der Waals surface area contributed by atoms with Crippen LogP contribution < -0.4 is 0 Å². The van der Waals surface area contributed by atoms with Crippen LogP contribution in [-0.2, 0) is 0 Å². The minimum absolute atomic E-state index is 0.116. The molecule has 0 heterocycles. The summed E-state index contributed by atoms with van der Waals surface area (Å²) in [6.07, 6.45) is 0. The zero-order valence-electron chi connectivity index (χ0n) is 10.7. The van der Waals surface area contributed by atoms with E-state index in [-0.39, 0.29) is 22.5 Å².